The minimum atomic E-state index is 0. The second-order valence-electron chi connectivity index (χ2n) is 7.34. The third-order valence-corrected chi connectivity index (χ3v) is 4.71. The number of hydrogen-bond donors (Lipinski definition) is 3. The third kappa shape index (κ3) is 4.03. The van der Waals surface area contributed by atoms with E-state index in [4.69, 9.17) is 0 Å². The molecule has 5 heteroatoms. The Bertz CT molecular complexity index is 1040. The Kier molecular flexibility index (Phi) is 5.61. The summed E-state index contributed by atoms with van der Waals surface area (Å²) in [5, 5.41) is 4.76. The van der Waals surface area contributed by atoms with Gasteiger partial charge in [0.15, 0.2) is 5.65 Å². The number of nitrogens with one attached hydrogen (secondary N) is 3. The summed E-state index contributed by atoms with van der Waals surface area (Å²) in [5.74, 6) is 1.62. The molecule has 3 N–H and O–H groups in total. The second-order valence-corrected chi connectivity index (χ2v) is 7.34. The lowest BCUT2D eigenvalue weighted by Crippen LogP contribution is -2.16. The molecule has 1 aromatic carbocycles. The van der Waals surface area contributed by atoms with Crippen molar-refractivity contribution in [2.75, 3.05) is 6.54 Å². The normalized spacial score (nSPS) is 11.4. The van der Waals surface area contributed by atoms with Crippen LogP contribution in [0.1, 0.15) is 39.1 Å². The molecular weight excluding hydrogens is 334 g/mol. The van der Waals surface area contributed by atoms with E-state index in [1.165, 1.54) is 17.4 Å². The molecule has 5 nitrogen and oxygen atoms in total. The highest BCUT2D eigenvalue weighted by Gasteiger charge is 2.11. The summed E-state index contributed by atoms with van der Waals surface area (Å²) in [5.41, 5.74) is 6.38. The lowest BCUT2D eigenvalue weighted by Gasteiger charge is -2.07. The molecule has 0 saturated carbocycles. The van der Waals surface area contributed by atoms with Gasteiger partial charge in [0.1, 0.15) is 5.82 Å². The van der Waals surface area contributed by atoms with Crippen molar-refractivity contribution < 1.29 is 0 Å². The van der Waals surface area contributed by atoms with Gasteiger partial charge in [-0.1, -0.05) is 27.3 Å². The standard InChI is InChI=1S/C21H25N5.CH4/c1-13(2)6-8-22-12-15-4-5-18-16(10-15)11-19(26-18)17-7-9-23-21-20(17)24-14(3)25-21;/h4-5,7,9-11,13,22,26H,6,8,12H2,1-3H3,(H,23,24,25);1H4. The summed E-state index contributed by atoms with van der Waals surface area (Å²) in [6.07, 6.45) is 3.02. The number of fused-ring (bicyclic) bond motifs is 2. The second kappa shape index (κ2) is 7.92. The number of nitrogens with zero attached hydrogens (tertiary/aromatic N) is 2. The highest BCUT2D eigenvalue weighted by Crippen LogP contribution is 2.29. The van der Waals surface area contributed by atoms with Crippen LogP contribution >= 0.6 is 0 Å². The van der Waals surface area contributed by atoms with Crippen molar-refractivity contribution in [1.82, 2.24) is 25.3 Å². The van der Waals surface area contributed by atoms with Crippen molar-refractivity contribution in [2.45, 2.75) is 41.2 Å². The third-order valence-electron chi connectivity index (χ3n) is 4.71. The van der Waals surface area contributed by atoms with Crippen LogP contribution in [0.2, 0.25) is 0 Å². The first kappa shape index (κ1) is 19.1. The smallest absolute Gasteiger partial charge is 0.178 e. The van der Waals surface area contributed by atoms with E-state index < -0.39 is 0 Å². The highest BCUT2D eigenvalue weighted by atomic mass is 15.0. The van der Waals surface area contributed by atoms with Crippen LogP contribution in [0, 0.1) is 12.8 Å². The van der Waals surface area contributed by atoms with Gasteiger partial charge < -0.3 is 15.3 Å². The lowest BCUT2D eigenvalue weighted by atomic mass is 10.1. The first-order valence-electron chi connectivity index (χ1n) is 9.24. The van der Waals surface area contributed by atoms with E-state index in [1.54, 1.807) is 0 Å². The highest BCUT2D eigenvalue weighted by molar-refractivity contribution is 5.94. The molecule has 0 unspecified atom stereocenters. The number of aromatic amines is 2. The quantitative estimate of drug-likeness (QED) is 0.413. The van der Waals surface area contributed by atoms with E-state index in [2.05, 4.69) is 63.4 Å². The molecule has 0 radical (unpaired) electrons. The number of H-pyrrole nitrogens is 2. The Balaban J connectivity index is 0.00000210. The molecule has 0 aliphatic rings. The maximum Gasteiger partial charge on any atom is 0.178 e. The Morgan fingerprint density at radius 2 is 1.96 bits per heavy atom. The maximum absolute atomic E-state index is 4.43. The van der Waals surface area contributed by atoms with Gasteiger partial charge in [0, 0.05) is 34.9 Å². The van der Waals surface area contributed by atoms with Crippen LogP contribution in [0.5, 0.6) is 0 Å². The monoisotopic (exact) mass is 363 g/mol. The van der Waals surface area contributed by atoms with Gasteiger partial charge in [0.05, 0.1) is 5.52 Å². The summed E-state index contributed by atoms with van der Waals surface area (Å²) in [6.45, 7) is 8.43. The van der Waals surface area contributed by atoms with Crippen LogP contribution in [0.15, 0.2) is 36.5 Å². The zero-order valence-corrected chi connectivity index (χ0v) is 15.6. The van der Waals surface area contributed by atoms with Gasteiger partial charge >= 0.3 is 0 Å². The fourth-order valence-corrected chi connectivity index (χ4v) is 3.31. The molecule has 4 rings (SSSR count). The summed E-state index contributed by atoms with van der Waals surface area (Å²) in [4.78, 5) is 15.6. The number of benzene rings is 1. The number of rotatable bonds is 6. The number of hydrogen-bond acceptors (Lipinski definition) is 3. The van der Waals surface area contributed by atoms with E-state index >= 15 is 0 Å². The molecule has 3 aromatic heterocycles. The Morgan fingerprint density at radius 1 is 1.11 bits per heavy atom. The summed E-state index contributed by atoms with van der Waals surface area (Å²) < 4.78 is 0. The molecule has 0 aliphatic carbocycles. The molecule has 4 aromatic rings. The molecule has 0 bridgehead atoms. The molecule has 142 valence electrons. The first-order valence-corrected chi connectivity index (χ1v) is 9.24. The predicted octanol–water partition coefficient (Wildman–Crippen LogP) is 5.19. The first-order chi connectivity index (χ1) is 12.6. The van der Waals surface area contributed by atoms with Gasteiger partial charge in [0.2, 0.25) is 0 Å². The van der Waals surface area contributed by atoms with E-state index in [0.717, 1.165) is 52.8 Å². The summed E-state index contributed by atoms with van der Waals surface area (Å²) >= 11 is 0. The van der Waals surface area contributed by atoms with Gasteiger partial charge in [-0.15, -0.1) is 0 Å². The predicted molar refractivity (Wildman–Crippen MR) is 114 cm³/mol. The minimum Gasteiger partial charge on any atom is -0.354 e. The number of aryl methyl sites for hydroxylation is 1. The van der Waals surface area contributed by atoms with E-state index in [9.17, 15) is 0 Å². The average Bonchev–Trinajstić information content (AvgIpc) is 3.19. The van der Waals surface area contributed by atoms with Gasteiger partial charge in [-0.25, -0.2) is 9.97 Å². The molecule has 0 amide bonds. The van der Waals surface area contributed by atoms with E-state index in [0.29, 0.717) is 0 Å². The van der Waals surface area contributed by atoms with Crippen LogP contribution in [-0.4, -0.2) is 26.5 Å². The Morgan fingerprint density at radius 3 is 2.78 bits per heavy atom. The minimum absolute atomic E-state index is 0. The van der Waals surface area contributed by atoms with Gasteiger partial charge in [-0.05, 0) is 55.6 Å². The van der Waals surface area contributed by atoms with Crippen molar-refractivity contribution in [3.05, 3.63) is 47.9 Å². The van der Waals surface area contributed by atoms with Crippen LogP contribution in [0.3, 0.4) is 0 Å². The van der Waals surface area contributed by atoms with Crippen molar-refractivity contribution in [3.8, 4) is 11.3 Å². The number of imidazole rings is 1. The SMILES string of the molecule is C.Cc1nc2nccc(-c3cc4cc(CNCCC(C)C)ccc4[nH]3)c2[nH]1. The van der Waals surface area contributed by atoms with Crippen LogP contribution in [0.25, 0.3) is 33.3 Å². The van der Waals surface area contributed by atoms with Gasteiger partial charge in [-0.2, -0.15) is 0 Å². The largest absolute Gasteiger partial charge is 0.354 e. The Hall–Kier alpha value is -2.66. The maximum atomic E-state index is 4.43. The lowest BCUT2D eigenvalue weighted by molar-refractivity contribution is 0.537. The van der Waals surface area contributed by atoms with Crippen molar-refractivity contribution in [1.29, 1.82) is 0 Å². The van der Waals surface area contributed by atoms with E-state index in [1.807, 2.05) is 19.2 Å². The zero-order chi connectivity index (χ0) is 18.1. The van der Waals surface area contributed by atoms with Crippen molar-refractivity contribution in [2.24, 2.45) is 5.92 Å². The van der Waals surface area contributed by atoms with Crippen LogP contribution in [-0.2, 0) is 6.54 Å². The molecule has 0 spiro atoms. The molecular formula is C22H29N5. The molecule has 0 atom stereocenters. The summed E-state index contributed by atoms with van der Waals surface area (Å²) in [6, 6.07) is 10.8. The topological polar surface area (TPSA) is 69.4 Å². The van der Waals surface area contributed by atoms with Crippen molar-refractivity contribution >= 4 is 22.1 Å². The molecule has 0 fully saturated rings. The van der Waals surface area contributed by atoms with E-state index in [-0.39, 0.29) is 7.43 Å². The van der Waals surface area contributed by atoms with Crippen molar-refractivity contribution in [3.63, 3.8) is 0 Å². The average molecular weight is 364 g/mol. The number of aromatic nitrogens is 4. The van der Waals surface area contributed by atoms with Crippen LogP contribution < -0.4 is 5.32 Å². The Labute approximate surface area is 160 Å². The zero-order valence-electron chi connectivity index (χ0n) is 15.6. The molecule has 27 heavy (non-hydrogen) atoms. The number of pyridine rings is 1. The fourth-order valence-electron chi connectivity index (χ4n) is 3.31. The van der Waals surface area contributed by atoms with Gasteiger partial charge in [0.25, 0.3) is 0 Å². The van der Waals surface area contributed by atoms with Crippen LogP contribution in [0.4, 0.5) is 0 Å². The van der Waals surface area contributed by atoms with Gasteiger partial charge in [-0.3, -0.25) is 0 Å². The summed E-state index contributed by atoms with van der Waals surface area (Å²) in [7, 11) is 0. The molecule has 0 aliphatic heterocycles. The fraction of sp³-hybridized carbons (Fsp3) is 0.364. The molecule has 3 heterocycles. The molecule has 0 saturated heterocycles.